The van der Waals surface area contributed by atoms with E-state index in [-0.39, 0.29) is 42.1 Å². The average Bonchev–Trinajstić information content (AvgIpc) is 3.37. The predicted molar refractivity (Wildman–Crippen MR) is 125 cm³/mol. The Hall–Kier alpha value is -3.08. The largest absolute Gasteiger partial charge is 0.487 e. The number of benzene rings is 1. The van der Waals surface area contributed by atoms with Crippen LogP contribution in [0.2, 0.25) is 5.02 Å². The zero-order valence-electron chi connectivity index (χ0n) is 19.8. The van der Waals surface area contributed by atoms with Gasteiger partial charge in [0.25, 0.3) is 17.7 Å². The van der Waals surface area contributed by atoms with Crippen molar-refractivity contribution in [2.75, 3.05) is 6.61 Å². The summed E-state index contributed by atoms with van der Waals surface area (Å²) in [5.41, 5.74) is -1.40. The number of rotatable bonds is 7. The number of unbranched alkanes of at least 4 members (excludes halogenated alkanes) is 1. The minimum absolute atomic E-state index is 0.0231. The summed E-state index contributed by atoms with van der Waals surface area (Å²) in [6.45, 7) is 1.60. The first kappa shape index (κ1) is 25.6. The van der Waals surface area contributed by atoms with Crippen LogP contribution in [0.3, 0.4) is 0 Å². The second-order valence-electron chi connectivity index (χ2n) is 9.66. The van der Waals surface area contributed by atoms with Gasteiger partial charge in [0.05, 0.1) is 12.6 Å². The van der Waals surface area contributed by atoms with Gasteiger partial charge >= 0.3 is 0 Å². The fourth-order valence-corrected chi connectivity index (χ4v) is 5.76. The first-order valence-corrected chi connectivity index (χ1v) is 12.4. The van der Waals surface area contributed by atoms with Crippen LogP contribution in [0.25, 0.3) is 0 Å². The highest BCUT2D eigenvalue weighted by molar-refractivity contribution is 6.30. The summed E-state index contributed by atoms with van der Waals surface area (Å²) < 4.78 is 63.7. The molecule has 2 bridgehead atoms. The number of aromatic nitrogens is 1. The minimum Gasteiger partial charge on any atom is -0.487 e. The molecule has 12 heteroatoms. The third-order valence-corrected chi connectivity index (χ3v) is 7.74. The third-order valence-electron chi connectivity index (χ3n) is 7.39. The molecule has 7 nitrogen and oxygen atoms in total. The number of alkyl halides is 2. The van der Waals surface area contributed by atoms with Crippen LogP contribution in [0.15, 0.2) is 23.1 Å². The summed E-state index contributed by atoms with van der Waals surface area (Å²) >= 11 is 5.58. The van der Waals surface area contributed by atoms with Gasteiger partial charge in [0.1, 0.15) is 22.2 Å². The lowest BCUT2D eigenvalue weighted by molar-refractivity contribution is -0.0887. The molecule has 1 saturated carbocycles. The standard InChI is InChI=1S/C25H24ClF4N3O4/c1-2-3-6-37-22-20-24(36)33-13-7-15(25(29,30)8-13)17(33)11-32(20)10-14(21(22)34)23(35)31-9-12-4-5-16(27)18(26)19(12)28/h4-5,10,13,15,17H,2-3,6-9,11H2,1H3,(H,31,35)/t13-,15?,17+/m1/s1. The van der Waals surface area contributed by atoms with Crippen LogP contribution >= 0.6 is 11.6 Å². The van der Waals surface area contributed by atoms with Gasteiger partial charge in [-0.25, -0.2) is 17.6 Å². The van der Waals surface area contributed by atoms with Crippen molar-refractivity contribution in [3.05, 3.63) is 62.0 Å². The predicted octanol–water partition coefficient (Wildman–Crippen LogP) is 4.14. The smallest absolute Gasteiger partial charge is 0.275 e. The van der Waals surface area contributed by atoms with Gasteiger partial charge in [-0.05, 0) is 18.9 Å². The molecule has 2 aromatic rings. The molecule has 1 aliphatic carbocycles. The number of carbonyl (C=O) groups excluding carboxylic acids is 2. The Morgan fingerprint density at radius 1 is 1.27 bits per heavy atom. The third kappa shape index (κ3) is 4.17. The molecule has 0 radical (unpaired) electrons. The number of hydrogen-bond donors (Lipinski definition) is 1. The lowest BCUT2D eigenvalue weighted by atomic mass is 9.92. The Bertz CT molecular complexity index is 1350. The molecule has 198 valence electrons. The monoisotopic (exact) mass is 541 g/mol. The van der Waals surface area contributed by atoms with Crippen LogP contribution in [0.5, 0.6) is 5.75 Å². The Labute approximate surface area is 214 Å². The van der Waals surface area contributed by atoms with Crippen LogP contribution in [0, 0.1) is 17.6 Å². The molecule has 1 saturated heterocycles. The van der Waals surface area contributed by atoms with Gasteiger partial charge < -0.3 is 19.5 Å². The van der Waals surface area contributed by atoms with Gasteiger partial charge in [-0.15, -0.1) is 0 Å². The van der Waals surface area contributed by atoms with E-state index in [1.54, 1.807) is 0 Å². The molecule has 0 spiro atoms. The normalized spacial score (nSPS) is 23.1. The molecule has 2 amide bonds. The van der Waals surface area contributed by atoms with Crippen molar-refractivity contribution in [3.63, 3.8) is 0 Å². The van der Waals surface area contributed by atoms with Crippen LogP contribution in [0.1, 0.15) is 59.0 Å². The maximum absolute atomic E-state index is 14.5. The topological polar surface area (TPSA) is 80.6 Å². The molecule has 2 fully saturated rings. The number of fused-ring (bicyclic) bond motifs is 6. The summed E-state index contributed by atoms with van der Waals surface area (Å²) in [4.78, 5) is 41.2. The second kappa shape index (κ2) is 9.34. The van der Waals surface area contributed by atoms with E-state index in [0.29, 0.717) is 6.42 Å². The molecule has 5 rings (SSSR count). The zero-order valence-corrected chi connectivity index (χ0v) is 20.6. The quantitative estimate of drug-likeness (QED) is 0.325. The molecule has 1 N–H and O–H groups in total. The number of halogens is 5. The first-order chi connectivity index (χ1) is 17.5. The van der Waals surface area contributed by atoms with Crippen molar-refractivity contribution in [1.82, 2.24) is 14.8 Å². The van der Waals surface area contributed by atoms with Gasteiger partial charge in [0.2, 0.25) is 5.43 Å². The first-order valence-electron chi connectivity index (χ1n) is 12.1. The van der Waals surface area contributed by atoms with Gasteiger partial charge in [-0.3, -0.25) is 14.4 Å². The fraction of sp³-hybridized carbons (Fsp3) is 0.480. The van der Waals surface area contributed by atoms with E-state index in [1.807, 2.05) is 6.92 Å². The van der Waals surface area contributed by atoms with Gasteiger partial charge in [-0.1, -0.05) is 31.0 Å². The lowest BCUT2D eigenvalue weighted by Crippen LogP contribution is -2.56. The number of nitrogens with zero attached hydrogens (tertiary/aromatic N) is 2. The molecule has 37 heavy (non-hydrogen) atoms. The molecule has 3 heterocycles. The van der Waals surface area contributed by atoms with E-state index < -0.39 is 70.8 Å². The van der Waals surface area contributed by atoms with E-state index in [9.17, 15) is 31.9 Å². The summed E-state index contributed by atoms with van der Waals surface area (Å²) in [5.74, 6) is -7.69. The number of pyridine rings is 1. The summed E-state index contributed by atoms with van der Waals surface area (Å²) in [5, 5.41) is 1.67. The van der Waals surface area contributed by atoms with Crippen molar-refractivity contribution in [1.29, 1.82) is 0 Å². The van der Waals surface area contributed by atoms with Gasteiger partial charge in [-0.2, -0.15) is 0 Å². The molecular weight excluding hydrogens is 518 g/mol. The number of nitrogens with one attached hydrogen (secondary N) is 1. The van der Waals surface area contributed by atoms with Crippen LogP contribution in [-0.2, 0) is 13.1 Å². The maximum atomic E-state index is 14.5. The van der Waals surface area contributed by atoms with Crippen molar-refractivity contribution in [2.24, 2.45) is 5.92 Å². The highest BCUT2D eigenvalue weighted by Gasteiger charge is 2.63. The van der Waals surface area contributed by atoms with E-state index in [2.05, 4.69) is 5.32 Å². The van der Waals surface area contributed by atoms with Crippen LogP contribution in [0.4, 0.5) is 17.6 Å². The molecule has 1 aromatic heterocycles. The zero-order chi connectivity index (χ0) is 26.6. The Morgan fingerprint density at radius 2 is 2.03 bits per heavy atom. The average molecular weight is 542 g/mol. The van der Waals surface area contributed by atoms with Crippen molar-refractivity contribution in [3.8, 4) is 5.75 Å². The Morgan fingerprint density at radius 3 is 2.76 bits per heavy atom. The number of hydrogen-bond acceptors (Lipinski definition) is 4. The molecule has 1 aromatic carbocycles. The second-order valence-corrected chi connectivity index (χ2v) is 10.0. The Balaban J connectivity index is 1.49. The highest BCUT2D eigenvalue weighted by atomic mass is 35.5. The van der Waals surface area contributed by atoms with E-state index >= 15 is 0 Å². The van der Waals surface area contributed by atoms with Crippen molar-refractivity contribution in [2.45, 2.75) is 63.7 Å². The summed E-state index contributed by atoms with van der Waals surface area (Å²) in [6.07, 6.45) is 2.24. The number of piperidine rings is 1. The van der Waals surface area contributed by atoms with Crippen molar-refractivity contribution >= 4 is 23.4 Å². The summed E-state index contributed by atoms with van der Waals surface area (Å²) in [7, 11) is 0. The van der Waals surface area contributed by atoms with Gasteiger partial charge in [0.15, 0.2) is 11.4 Å². The van der Waals surface area contributed by atoms with E-state index in [1.165, 1.54) is 9.47 Å². The van der Waals surface area contributed by atoms with Crippen LogP contribution in [-0.4, -0.2) is 45.9 Å². The van der Waals surface area contributed by atoms with Crippen LogP contribution < -0.4 is 15.5 Å². The minimum atomic E-state index is -2.90. The van der Waals surface area contributed by atoms with Crippen molar-refractivity contribution < 1.29 is 31.9 Å². The number of amides is 2. The molecule has 3 atom stereocenters. The molecule has 3 aliphatic rings. The Kier molecular flexibility index (Phi) is 6.45. The van der Waals surface area contributed by atoms with E-state index in [4.69, 9.17) is 16.3 Å². The molecular formula is C25H24ClF4N3O4. The summed E-state index contributed by atoms with van der Waals surface area (Å²) in [6, 6.07) is 0.664. The fourth-order valence-electron chi connectivity index (χ4n) is 5.58. The van der Waals surface area contributed by atoms with E-state index in [0.717, 1.165) is 24.8 Å². The number of ether oxygens (including phenoxy) is 1. The van der Waals surface area contributed by atoms with Gasteiger partial charge in [0, 0.05) is 43.2 Å². The molecule has 2 aliphatic heterocycles. The number of carbonyl (C=O) groups is 2. The highest BCUT2D eigenvalue weighted by Crippen LogP contribution is 2.53. The SMILES string of the molecule is CCCCOc1c2n(cc(C(=O)NCc3ccc(F)c(Cl)c3F)c1=O)C[C@H]1C3C[C@H](CC3(F)F)N1C2=O. The maximum Gasteiger partial charge on any atom is 0.275 e. The lowest BCUT2D eigenvalue weighted by Gasteiger charge is -2.43. The molecule has 1 unspecified atom stereocenters.